The van der Waals surface area contributed by atoms with Crippen molar-refractivity contribution in [2.45, 2.75) is 30.5 Å². The van der Waals surface area contributed by atoms with Crippen LogP contribution < -0.4 is 11.3 Å². The van der Waals surface area contributed by atoms with E-state index < -0.39 is 42.4 Å². The molecular weight excluding hydrogens is 313 g/mol. The van der Waals surface area contributed by atoms with E-state index in [4.69, 9.17) is 10.5 Å². The van der Waals surface area contributed by atoms with Crippen LogP contribution in [0.15, 0.2) is 11.1 Å². The Morgan fingerprint density at radius 1 is 1.61 bits per heavy atom. The molecule has 4 unspecified atom stereocenters. The summed E-state index contributed by atoms with van der Waals surface area (Å²) in [6.07, 6.45) is -1.89. The van der Waals surface area contributed by atoms with Gasteiger partial charge in [-0.2, -0.15) is 4.98 Å². The van der Waals surface area contributed by atoms with Gasteiger partial charge in [-0.15, -0.1) is 0 Å². The molecule has 0 aliphatic carbocycles. The Kier molecular flexibility index (Phi) is 3.41. The average Bonchev–Trinajstić information content (AvgIpc) is 2.99. The normalized spacial score (nSPS) is 34.3. The van der Waals surface area contributed by atoms with E-state index in [1.54, 1.807) is 0 Å². The fourth-order valence-corrected chi connectivity index (χ4v) is 2.80. The van der Waals surface area contributed by atoms with Crippen LogP contribution in [-0.2, 0) is 4.74 Å². The van der Waals surface area contributed by atoms with Gasteiger partial charge in [0.05, 0.1) is 12.9 Å². The van der Waals surface area contributed by atoms with E-state index in [1.807, 2.05) is 0 Å². The molecule has 1 aliphatic heterocycles. The standard InChI is InChI=1S/C12H16FN5O5/c1-11(22)8(21)12(2-13,3-19)23-9(11)18-4-15-5-6(18)16-10(14)17-7(5)20/h4,8-9,19,21-22H,2-3H2,1H3,(H3,14,16,17,20). The number of hydrogen-bond acceptors (Lipinski definition) is 8. The first-order valence-corrected chi connectivity index (χ1v) is 6.74. The quantitative estimate of drug-likeness (QED) is 0.434. The Hall–Kier alpha value is -2.08. The van der Waals surface area contributed by atoms with Crippen molar-refractivity contribution < 1.29 is 24.4 Å². The average molecular weight is 329 g/mol. The zero-order valence-corrected chi connectivity index (χ0v) is 12.1. The molecule has 4 atom stereocenters. The maximum absolute atomic E-state index is 13.3. The van der Waals surface area contributed by atoms with Crippen molar-refractivity contribution >= 4 is 17.1 Å². The highest BCUT2D eigenvalue weighted by Gasteiger charge is 2.62. The smallest absolute Gasteiger partial charge is 0.280 e. The van der Waals surface area contributed by atoms with E-state index in [0.29, 0.717) is 0 Å². The van der Waals surface area contributed by atoms with Crippen molar-refractivity contribution in [1.82, 2.24) is 19.5 Å². The lowest BCUT2D eigenvalue weighted by atomic mass is 9.88. The summed E-state index contributed by atoms with van der Waals surface area (Å²) in [6, 6.07) is 0. The molecule has 0 radical (unpaired) electrons. The fourth-order valence-electron chi connectivity index (χ4n) is 2.80. The molecule has 3 rings (SSSR count). The van der Waals surface area contributed by atoms with Gasteiger partial charge in [0.2, 0.25) is 5.95 Å². The van der Waals surface area contributed by atoms with Crippen LogP contribution in [-0.4, -0.2) is 65.4 Å². The highest BCUT2D eigenvalue weighted by Crippen LogP contribution is 2.45. The summed E-state index contributed by atoms with van der Waals surface area (Å²) in [5.74, 6) is -0.179. The zero-order chi connectivity index (χ0) is 17.0. The number of aliphatic hydroxyl groups excluding tert-OH is 2. The number of alkyl halides is 1. The number of nitrogen functional groups attached to an aromatic ring is 1. The first-order valence-electron chi connectivity index (χ1n) is 6.74. The minimum atomic E-state index is -1.99. The summed E-state index contributed by atoms with van der Waals surface area (Å²) >= 11 is 0. The predicted molar refractivity (Wildman–Crippen MR) is 75.1 cm³/mol. The minimum Gasteiger partial charge on any atom is -0.393 e. The Bertz CT molecular complexity index is 799. The van der Waals surface area contributed by atoms with Gasteiger partial charge in [-0.25, -0.2) is 9.37 Å². The molecule has 2 aromatic heterocycles. The zero-order valence-electron chi connectivity index (χ0n) is 12.1. The van der Waals surface area contributed by atoms with Crippen molar-refractivity contribution in [2.75, 3.05) is 19.0 Å². The molecule has 6 N–H and O–H groups in total. The van der Waals surface area contributed by atoms with Gasteiger partial charge in [0.25, 0.3) is 5.56 Å². The number of H-pyrrole nitrogens is 1. The third-order valence-corrected chi connectivity index (χ3v) is 4.10. The molecule has 0 saturated carbocycles. The van der Waals surface area contributed by atoms with Crippen molar-refractivity contribution in [3.05, 3.63) is 16.7 Å². The maximum atomic E-state index is 13.3. The molecule has 23 heavy (non-hydrogen) atoms. The lowest BCUT2D eigenvalue weighted by molar-refractivity contribution is -0.137. The molecule has 0 aromatic carbocycles. The van der Waals surface area contributed by atoms with Gasteiger partial charge in [0, 0.05) is 0 Å². The number of hydrogen-bond donors (Lipinski definition) is 5. The van der Waals surface area contributed by atoms with E-state index in [1.165, 1.54) is 6.92 Å². The minimum absolute atomic E-state index is 0.00340. The Morgan fingerprint density at radius 3 is 2.87 bits per heavy atom. The molecule has 1 aliphatic rings. The van der Waals surface area contributed by atoms with Gasteiger partial charge >= 0.3 is 0 Å². The summed E-state index contributed by atoms with van der Waals surface area (Å²) in [7, 11) is 0. The Labute approximate surface area is 128 Å². The number of nitrogens with zero attached hydrogens (tertiary/aromatic N) is 3. The second-order valence-electron chi connectivity index (χ2n) is 5.73. The van der Waals surface area contributed by atoms with E-state index in [2.05, 4.69) is 15.0 Å². The Morgan fingerprint density at radius 2 is 2.30 bits per heavy atom. The van der Waals surface area contributed by atoms with Crippen LogP contribution in [0.1, 0.15) is 13.2 Å². The largest absolute Gasteiger partial charge is 0.393 e. The van der Waals surface area contributed by atoms with Gasteiger partial charge < -0.3 is 25.8 Å². The number of rotatable bonds is 3. The topological polar surface area (TPSA) is 160 Å². The van der Waals surface area contributed by atoms with E-state index >= 15 is 0 Å². The first kappa shape index (κ1) is 15.8. The van der Waals surface area contributed by atoms with Gasteiger partial charge in [-0.3, -0.25) is 14.3 Å². The van der Waals surface area contributed by atoms with Gasteiger partial charge in [0.15, 0.2) is 23.0 Å². The molecule has 0 spiro atoms. The lowest BCUT2D eigenvalue weighted by Crippen LogP contribution is -2.52. The number of ether oxygens (including phenoxy) is 1. The van der Waals surface area contributed by atoms with Crippen molar-refractivity contribution in [1.29, 1.82) is 0 Å². The Balaban J connectivity index is 2.17. The molecule has 1 fully saturated rings. The number of aliphatic hydroxyl groups is 3. The number of nitrogens with one attached hydrogen (secondary N) is 1. The van der Waals surface area contributed by atoms with Gasteiger partial charge in [0.1, 0.15) is 18.4 Å². The molecule has 2 aromatic rings. The number of fused-ring (bicyclic) bond motifs is 1. The number of aromatic nitrogens is 4. The van der Waals surface area contributed by atoms with Crippen LogP contribution in [0.4, 0.5) is 10.3 Å². The molecule has 0 bridgehead atoms. The first-order chi connectivity index (χ1) is 10.8. The molecule has 11 heteroatoms. The van der Waals surface area contributed by atoms with Crippen molar-refractivity contribution in [2.24, 2.45) is 0 Å². The van der Waals surface area contributed by atoms with E-state index in [-0.39, 0.29) is 17.1 Å². The van der Waals surface area contributed by atoms with Crippen LogP contribution in [0, 0.1) is 0 Å². The third-order valence-electron chi connectivity index (χ3n) is 4.10. The number of nitrogens with two attached hydrogens (primary N) is 1. The summed E-state index contributed by atoms with van der Waals surface area (Å²) in [5.41, 5.74) is 0.874. The van der Waals surface area contributed by atoms with E-state index in [9.17, 15) is 24.5 Å². The van der Waals surface area contributed by atoms with Gasteiger partial charge in [-0.1, -0.05) is 0 Å². The van der Waals surface area contributed by atoms with Gasteiger partial charge in [-0.05, 0) is 6.92 Å². The summed E-state index contributed by atoms with van der Waals surface area (Å²) in [5, 5.41) is 30.1. The SMILES string of the molecule is CC1(O)C(n2cnc3c(=O)[nH]c(N)nc32)OC(CO)(CF)C1O. The third kappa shape index (κ3) is 2.05. The molecule has 1 saturated heterocycles. The van der Waals surface area contributed by atoms with Crippen LogP contribution in [0.3, 0.4) is 0 Å². The van der Waals surface area contributed by atoms with Crippen molar-refractivity contribution in [3.8, 4) is 0 Å². The monoisotopic (exact) mass is 329 g/mol. The molecule has 3 heterocycles. The highest BCUT2D eigenvalue weighted by atomic mass is 19.1. The van der Waals surface area contributed by atoms with Crippen LogP contribution in [0.2, 0.25) is 0 Å². The molecule has 126 valence electrons. The molecular formula is C12H16FN5O5. The van der Waals surface area contributed by atoms with E-state index in [0.717, 1.165) is 10.9 Å². The summed E-state index contributed by atoms with van der Waals surface area (Å²) < 4.78 is 19.9. The van der Waals surface area contributed by atoms with Crippen LogP contribution in [0.25, 0.3) is 11.2 Å². The number of anilines is 1. The second kappa shape index (κ2) is 4.96. The number of imidazole rings is 1. The maximum Gasteiger partial charge on any atom is 0.280 e. The lowest BCUT2D eigenvalue weighted by Gasteiger charge is -2.29. The van der Waals surface area contributed by atoms with Crippen LogP contribution >= 0.6 is 0 Å². The summed E-state index contributed by atoms with van der Waals surface area (Å²) in [4.78, 5) is 21.8. The fraction of sp³-hybridized carbons (Fsp3) is 0.583. The number of aromatic amines is 1. The predicted octanol–water partition coefficient (Wildman–Crippen LogP) is -1.96. The number of halogens is 1. The second-order valence-corrected chi connectivity index (χ2v) is 5.73. The summed E-state index contributed by atoms with van der Waals surface area (Å²) in [6.45, 7) is -0.849. The van der Waals surface area contributed by atoms with Crippen LogP contribution in [0.5, 0.6) is 0 Å². The highest BCUT2D eigenvalue weighted by molar-refractivity contribution is 5.70. The molecule has 0 amide bonds. The molecule has 10 nitrogen and oxygen atoms in total. The van der Waals surface area contributed by atoms with Crippen molar-refractivity contribution in [3.63, 3.8) is 0 Å².